The Morgan fingerprint density at radius 1 is 0.975 bits per heavy atom. The average molecular weight is 554 g/mol. The fourth-order valence-corrected chi connectivity index (χ4v) is 6.42. The minimum Gasteiger partial charge on any atom is -0.438 e. The van der Waals surface area contributed by atoms with Gasteiger partial charge in [0.15, 0.2) is 0 Å². The Morgan fingerprint density at radius 3 is 2.50 bits per heavy atom. The Labute approximate surface area is 235 Å². The third-order valence-corrected chi connectivity index (χ3v) is 8.80. The molecule has 4 aromatic rings. The van der Waals surface area contributed by atoms with Crippen molar-refractivity contribution in [2.75, 3.05) is 31.6 Å². The van der Waals surface area contributed by atoms with E-state index in [4.69, 9.17) is 14.5 Å². The lowest BCUT2D eigenvalue weighted by Gasteiger charge is -2.48. The normalized spacial score (nSPS) is 19.0. The second-order valence-corrected chi connectivity index (χ2v) is 11.2. The van der Waals surface area contributed by atoms with Crippen LogP contribution in [0.3, 0.4) is 0 Å². The van der Waals surface area contributed by atoms with Gasteiger partial charge in [0.05, 0.1) is 24.3 Å². The molecular weight excluding hydrogens is 526 g/mol. The van der Waals surface area contributed by atoms with Crippen LogP contribution in [0.4, 0.5) is 5.13 Å². The van der Waals surface area contributed by atoms with Gasteiger partial charge in [-0.15, -0.1) is 10.2 Å². The molecule has 1 unspecified atom stereocenters. The number of hydrogen-bond acceptors (Lipinski definition) is 8. The summed E-state index contributed by atoms with van der Waals surface area (Å²) in [6.07, 6.45) is 2.49. The summed E-state index contributed by atoms with van der Waals surface area (Å²) in [4.78, 5) is 33.4. The van der Waals surface area contributed by atoms with Gasteiger partial charge in [0, 0.05) is 41.3 Å². The molecule has 2 aromatic carbocycles. The number of ether oxygens (including phenoxy) is 2. The van der Waals surface area contributed by atoms with Crippen LogP contribution in [0.2, 0.25) is 0 Å². The summed E-state index contributed by atoms with van der Waals surface area (Å²) in [6, 6.07) is 19.4. The average Bonchev–Trinajstić information content (AvgIpc) is 3.49. The van der Waals surface area contributed by atoms with Crippen LogP contribution in [0.15, 0.2) is 66.2 Å². The summed E-state index contributed by atoms with van der Waals surface area (Å²) >= 11 is 1.31. The molecule has 9 nitrogen and oxygen atoms in total. The van der Waals surface area contributed by atoms with Crippen LogP contribution in [0, 0.1) is 5.41 Å². The van der Waals surface area contributed by atoms with Crippen molar-refractivity contribution < 1.29 is 19.1 Å². The largest absolute Gasteiger partial charge is 0.438 e. The lowest BCUT2D eigenvalue weighted by molar-refractivity contribution is -0.131. The predicted octanol–water partition coefficient (Wildman–Crippen LogP) is 5.12. The molecule has 40 heavy (non-hydrogen) atoms. The Kier molecular flexibility index (Phi) is 6.28. The first-order chi connectivity index (χ1) is 19.6. The molecule has 1 atom stereocenters. The molecule has 1 N–H and O–H groups in total. The van der Waals surface area contributed by atoms with Gasteiger partial charge in [0.1, 0.15) is 11.3 Å². The first kappa shape index (κ1) is 24.9. The highest BCUT2D eigenvalue weighted by atomic mass is 32.1. The standard InChI is InChI=1S/C30H27N5O4S/c36-27(35-14-16-38-17-15-35)20-8-6-19(7-9-20)23-11-10-22-25(21-4-1-2-5-24(21)39-26(22)32-23)30(12-3-13-30)28(37)33-29-34-31-18-40-29/h1-2,4-11,18,25H,3,12-17H2,(H,33,34,37). The monoisotopic (exact) mass is 553 g/mol. The summed E-state index contributed by atoms with van der Waals surface area (Å²) in [5.41, 5.74) is 5.12. The van der Waals surface area contributed by atoms with Crippen molar-refractivity contribution in [3.8, 4) is 22.9 Å². The number of rotatable bonds is 5. The number of hydrogen-bond donors (Lipinski definition) is 1. The highest BCUT2D eigenvalue weighted by Gasteiger charge is 2.54. The van der Waals surface area contributed by atoms with Crippen molar-refractivity contribution in [3.05, 3.63) is 82.9 Å². The van der Waals surface area contributed by atoms with Crippen LogP contribution < -0.4 is 10.1 Å². The Bertz CT molecular complexity index is 1560. The molecule has 202 valence electrons. The smallest absolute Gasteiger partial charge is 0.254 e. The summed E-state index contributed by atoms with van der Waals surface area (Å²) in [6.45, 7) is 2.34. The summed E-state index contributed by atoms with van der Waals surface area (Å²) < 4.78 is 11.7. The maximum Gasteiger partial charge on any atom is 0.254 e. The van der Waals surface area contributed by atoms with Crippen LogP contribution in [0.25, 0.3) is 11.3 Å². The molecular formula is C30H27N5O4S. The van der Waals surface area contributed by atoms with Gasteiger partial charge in [-0.2, -0.15) is 0 Å². The van der Waals surface area contributed by atoms with Crippen molar-refractivity contribution in [3.63, 3.8) is 0 Å². The van der Waals surface area contributed by atoms with Gasteiger partial charge in [-0.1, -0.05) is 54.2 Å². The number of carbonyl (C=O) groups excluding carboxylic acids is 2. The third kappa shape index (κ3) is 4.24. The molecule has 2 aromatic heterocycles. The van der Waals surface area contributed by atoms with Crippen molar-refractivity contribution in [2.24, 2.45) is 5.41 Å². The second kappa shape index (κ2) is 10.1. The SMILES string of the molecule is O=C(c1ccc(-c2ccc3c(n2)Oc2ccccc2C3C2(C(=O)Nc3nncs3)CCC2)cc1)N1CCOCC1. The molecule has 2 fully saturated rings. The molecule has 4 heterocycles. The number of fused-ring (bicyclic) bond motifs is 2. The van der Waals surface area contributed by atoms with Crippen molar-refractivity contribution in [2.45, 2.75) is 25.2 Å². The number of aromatic nitrogens is 3. The van der Waals surface area contributed by atoms with Crippen molar-refractivity contribution in [1.82, 2.24) is 20.1 Å². The van der Waals surface area contributed by atoms with E-state index in [1.807, 2.05) is 65.6 Å². The van der Waals surface area contributed by atoms with E-state index in [9.17, 15) is 9.59 Å². The fraction of sp³-hybridized carbons (Fsp3) is 0.300. The summed E-state index contributed by atoms with van der Waals surface area (Å²) in [5.74, 6) is 0.973. The summed E-state index contributed by atoms with van der Waals surface area (Å²) in [5, 5.41) is 11.4. The van der Waals surface area contributed by atoms with E-state index in [1.165, 1.54) is 11.3 Å². The van der Waals surface area contributed by atoms with Crippen LogP contribution in [0.5, 0.6) is 11.6 Å². The molecule has 10 heteroatoms. The molecule has 0 bridgehead atoms. The van der Waals surface area contributed by atoms with Crippen LogP contribution in [0.1, 0.15) is 46.7 Å². The van der Waals surface area contributed by atoms with Crippen LogP contribution in [-0.2, 0) is 9.53 Å². The number of carbonyl (C=O) groups is 2. The molecule has 1 aliphatic carbocycles. The predicted molar refractivity (Wildman–Crippen MR) is 150 cm³/mol. The molecule has 7 rings (SSSR count). The lowest BCUT2D eigenvalue weighted by atomic mass is 9.56. The minimum absolute atomic E-state index is 0.00800. The zero-order chi connectivity index (χ0) is 27.1. The summed E-state index contributed by atoms with van der Waals surface area (Å²) in [7, 11) is 0. The van der Waals surface area contributed by atoms with E-state index >= 15 is 0 Å². The number of anilines is 1. The van der Waals surface area contributed by atoms with Crippen LogP contribution in [-0.4, -0.2) is 58.2 Å². The number of para-hydroxylation sites is 1. The molecule has 2 amide bonds. The van der Waals surface area contributed by atoms with E-state index in [0.29, 0.717) is 48.6 Å². The first-order valence-corrected chi connectivity index (χ1v) is 14.3. The third-order valence-electron chi connectivity index (χ3n) is 8.19. The maximum absolute atomic E-state index is 13.8. The Balaban J connectivity index is 1.22. The van der Waals surface area contributed by atoms with Gasteiger partial charge in [-0.3, -0.25) is 9.59 Å². The lowest BCUT2D eigenvalue weighted by Crippen LogP contribution is -2.47. The first-order valence-electron chi connectivity index (χ1n) is 13.5. The number of morpholine rings is 1. The van der Waals surface area contributed by atoms with Gasteiger partial charge >= 0.3 is 0 Å². The number of amides is 2. The van der Waals surface area contributed by atoms with E-state index in [-0.39, 0.29) is 17.7 Å². The Morgan fingerprint density at radius 2 is 1.77 bits per heavy atom. The van der Waals surface area contributed by atoms with E-state index in [2.05, 4.69) is 15.5 Å². The van der Waals surface area contributed by atoms with E-state index in [0.717, 1.165) is 41.6 Å². The van der Waals surface area contributed by atoms with Crippen molar-refractivity contribution >= 4 is 28.3 Å². The minimum atomic E-state index is -0.634. The van der Waals surface area contributed by atoms with E-state index in [1.54, 1.807) is 5.51 Å². The quantitative estimate of drug-likeness (QED) is 0.366. The highest BCUT2D eigenvalue weighted by molar-refractivity contribution is 7.13. The molecule has 0 radical (unpaired) electrons. The molecule has 1 saturated carbocycles. The zero-order valence-corrected chi connectivity index (χ0v) is 22.5. The van der Waals surface area contributed by atoms with E-state index < -0.39 is 5.41 Å². The van der Waals surface area contributed by atoms with Gasteiger partial charge in [0.2, 0.25) is 16.9 Å². The number of nitrogens with zero attached hydrogens (tertiary/aromatic N) is 4. The number of benzene rings is 2. The van der Waals surface area contributed by atoms with Gasteiger partial charge in [0.25, 0.3) is 5.91 Å². The highest BCUT2D eigenvalue weighted by Crippen LogP contribution is 2.59. The molecule has 3 aliphatic rings. The molecule has 1 saturated heterocycles. The fourth-order valence-electron chi connectivity index (χ4n) is 5.98. The van der Waals surface area contributed by atoms with Gasteiger partial charge in [-0.25, -0.2) is 4.98 Å². The van der Waals surface area contributed by atoms with Gasteiger partial charge in [-0.05, 0) is 37.1 Å². The number of nitrogens with one attached hydrogen (secondary N) is 1. The second-order valence-electron chi connectivity index (χ2n) is 10.4. The van der Waals surface area contributed by atoms with Gasteiger partial charge < -0.3 is 19.7 Å². The maximum atomic E-state index is 13.8. The molecule has 0 spiro atoms. The molecule has 2 aliphatic heterocycles. The van der Waals surface area contributed by atoms with Crippen molar-refractivity contribution in [1.29, 1.82) is 0 Å². The Hall–Kier alpha value is -4.15. The zero-order valence-electron chi connectivity index (χ0n) is 21.7. The van der Waals surface area contributed by atoms with Crippen LogP contribution >= 0.6 is 11.3 Å². The number of pyridine rings is 1. The topological polar surface area (TPSA) is 107 Å².